The van der Waals surface area contributed by atoms with E-state index in [-0.39, 0.29) is 5.91 Å². The molecule has 0 aliphatic carbocycles. The molecular weight excluding hydrogens is 382 g/mol. The van der Waals surface area contributed by atoms with Gasteiger partial charge in [-0.15, -0.1) is 0 Å². The van der Waals surface area contributed by atoms with Gasteiger partial charge in [0.2, 0.25) is 0 Å². The molecule has 0 saturated heterocycles. The fourth-order valence-corrected chi connectivity index (χ4v) is 3.29. The third kappa shape index (κ3) is 4.18. The van der Waals surface area contributed by atoms with Crippen LogP contribution in [0.15, 0.2) is 60.9 Å². The van der Waals surface area contributed by atoms with Crippen LogP contribution in [0, 0.1) is 0 Å². The molecule has 0 radical (unpaired) electrons. The SMILES string of the molecule is COCCn1c(Cn2cccn2)nc2cc(NC(=O)c3ccc(OC)cc3)ccc21. The van der Waals surface area contributed by atoms with Crippen molar-refractivity contribution in [3.05, 3.63) is 72.3 Å². The lowest BCUT2D eigenvalue weighted by Crippen LogP contribution is -2.12. The maximum Gasteiger partial charge on any atom is 0.255 e. The molecule has 0 fully saturated rings. The number of methoxy groups -OCH3 is 2. The lowest BCUT2D eigenvalue weighted by atomic mass is 10.2. The summed E-state index contributed by atoms with van der Waals surface area (Å²) in [5.74, 6) is 1.40. The van der Waals surface area contributed by atoms with E-state index in [2.05, 4.69) is 15.0 Å². The van der Waals surface area contributed by atoms with Crippen LogP contribution >= 0.6 is 0 Å². The van der Waals surface area contributed by atoms with Crippen molar-refractivity contribution in [3.8, 4) is 5.75 Å². The van der Waals surface area contributed by atoms with Gasteiger partial charge in [-0.2, -0.15) is 5.10 Å². The molecular formula is C22H23N5O3. The minimum atomic E-state index is -0.187. The number of rotatable bonds is 8. The van der Waals surface area contributed by atoms with Gasteiger partial charge in [0.15, 0.2) is 0 Å². The maximum atomic E-state index is 12.6. The fourth-order valence-electron chi connectivity index (χ4n) is 3.29. The van der Waals surface area contributed by atoms with Gasteiger partial charge in [0.05, 0.1) is 31.3 Å². The van der Waals surface area contributed by atoms with E-state index in [0.29, 0.717) is 36.7 Å². The predicted octanol–water partition coefficient (Wildman–Crippen LogP) is 3.19. The molecule has 30 heavy (non-hydrogen) atoms. The molecule has 0 atom stereocenters. The summed E-state index contributed by atoms with van der Waals surface area (Å²) >= 11 is 0. The number of anilines is 1. The first-order chi connectivity index (χ1) is 14.7. The normalized spacial score (nSPS) is 11.0. The van der Waals surface area contributed by atoms with Crippen molar-refractivity contribution in [1.29, 1.82) is 0 Å². The third-order valence-electron chi connectivity index (χ3n) is 4.82. The van der Waals surface area contributed by atoms with E-state index < -0.39 is 0 Å². The topological polar surface area (TPSA) is 83.2 Å². The second kappa shape index (κ2) is 8.79. The highest BCUT2D eigenvalue weighted by atomic mass is 16.5. The van der Waals surface area contributed by atoms with E-state index in [1.54, 1.807) is 44.7 Å². The van der Waals surface area contributed by atoms with Gasteiger partial charge in [-0.25, -0.2) is 4.98 Å². The number of imidazole rings is 1. The zero-order chi connectivity index (χ0) is 20.9. The van der Waals surface area contributed by atoms with E-state index in [9.17, 15) is 4.79 Å². The number of nitrogens with zero attached hydrogens (tertiary/aromatic N) is 4. The average Bonchev–Trinajstić information content (AvgIpc) is 3.39. The first-order valence-corrected chi connectivity index (χ1v) is 9.59. The number of hydrogen-bond donors (Lipinski definition) is 1. The van der Waals surface area contributed by atoms with Crippen LogP contribution in [0.3, 0.4) is 0 Å². The molecule has 154 valence electrons. The van der Waals surface area contributed by atoms with Crippen molar-refractivity contribution in [2.45, 2.75) is 13.1 Å². The van der Waals surface area contributed by atoms with Crippen LogP contribution in [0.25, 0.3) is 11.0 Å². The fraction of sp³-hybridized carbons (Fsp3) is 0.227. The molecule has 4 rings (SSSR count). The smallest absolute Gasteiger partial charge is 0.255 e. The number of fused-ring (bicyclic) bond motifs is 1. The molecule has 2 aromatic carbocycles. The molecule has 0 unspecified atom stereocenters. The summed E-state index contributed by atoms with van der Waals surface area (Å²) in [5.41, 5.74) is 3.03. The maximum absolute atomic E-state index is 12.6. The molecule has 1 amide bonds. The molecule has 0 saturated carbocycles. The predicted molar refractivity (Wildman–Crippen MR) is 114 cm³/mol. The first-order valence-electron chi connectivity index (χ1n) is 9.59. The molecule has 2 aromatic heterocycles. The van der Waals surface area contributed by atoms with Crippen molar-refractivity contribution in [1.82, 2.24) is 19.3 Å². The van der Waals surface area contributed by atoms with Crippen molar-refractivity contribution < 1.29 is 14.3 Å². The minimum Gasteiger partial charge on any atom is -0.497 e. The van der Waals surface area contributed by atoms with Crippen molar-refractivity contribution in [2.24, 2.45) is 0 Å². The van der Waals surface area contributed by atoms with Crippen LogP contribution in [-0.4, -0.2) is 46.1 Å². The first kappa shape index (κ1) is 19.7. The Morgan fingerprint density at radius 2 is 1.97 bits per heavy atom. The van der Waals surface area contributed by atoms with E-state index in [0.717, 1.165) is 16.9 Å². The minimum absolute atomic E-state index is 0.187. The number of benzene rings is 2. The van der Waals surface area contributed by atoms with Crippen LogP contribution in [-0.2, 0) is 17.8 Å². The zero-order valence-electron chi connectivity index (χ0n) is 16.9. The Bertz CT molecular complexity index is 1130. The number of nitrogens with one attached hydrogen (secondary N) is 1. The molecule has 0 aliphatic rings. The van der Waals surface area contributed by atoms with Gasteiger partial charge in [0, 0.05) is 37.3 Å². The zero-order valence-corrected chi connectivity index (χ0v) is 16.9. The lowest BCUT2D eigenvalue weighted by Gasteiger charge is -2.09. The summed E-state index contributed by atoms with van der Waals surface area (Å²) in [6.45, 7) is 1.81. The summed E-state index contributed by atoms with van der Waals surface area (Å²) in [7, 11) is 3.27. The highest BCUT2D eigenvalue weighted by Crippen LogP contribution is 2.22. The number of carbonyl (C=O) groups excluding carboxylic acids is 1. The number of ether oxygens (including phenoxy) is 2. The van der Waals surface area contributed by atoms with Crippen LogP contribution in [0.2, 0.25) is 0 Å². The summed E-state index contributed by atoms with van der Waals surface area (Å²) < 4.78 is 14.3. The van der Waals surface area contributed by atoms with Gasteiger partial charge in [-0.1, -0.05) is 0 Å². The van der Waals surface area contributed by atoms with Crippen LogP contribution in [0.5, 0.6) is 5.75 Å². The Hall–Kier alpha value is -3.65. The van der Waals surface area contributed by atoms with Gasteiger partial charge in [-0.05, 0) is 48.5 Å². The lowest BCUT2D eigenvalue weighted by molar-refractivity contribution is 0.102. The standard InChI is InChI=1S/C22H23N5O3/c1-29-13-12-27-20-9-6-17(24-22(28)16-4-7-18(30-2)8-5-16)14-19(20)25-21(27)15-26-11-3-10-23-26/h3-11,14H,12-13,15H2,1-2H3,(H,24,28). The Balaban J connectivity index is 1.60. The Labute approximate surface area is 174 Å². The molecule has 0 spiro atoms. The Morgan fingerprint density at radius 3 is 2.67 bits per heavy atom. The summed E-state index contributed by atoms with van der Waals surface area (Å²) in [4.78, 5) is 17.4. The number of aromatic nitrogens is 4. The molecule has 2 heterocycles. The van der Waals surface area contributed by atoms with Gasteiger partial charge >= 0.3 is 0 Å². The van der Waals surface area contributed by atoms with Crippen molar-refractivity contribution in [3.63, 3.8) is 0 Å². The number of hydrogen-bond acceptors (Lipinski definition) is 5. The molecule has 0 bridgehead atoms. The molecule has 4 aromatic rings. The Morgan fingerprint density at radius 1 is 1.13 bits per heavy atom. The van der Waals surface area contributed by atoms with Crippen LogP contribution < -0.4 is 10.1 Å². The molecule has 1 N–H and O–H groups in total. The van der Waals surface area contributed by atoms with E-state index in [4.69, 9.17) is 14.5 Å². The van der Waals surface area contributed by atoms with Gasteiger partial charge < -0.3 is 19.4 Å². The Kier molecular flexibility index (Phi) is 5.76. The third-order valence-corrected chi connectivity index (χ3v) is 4.82. The number of amides is 1. The highest BCUT2D eigenvalue weighted by Gasteiger charge is 2.13. The van der Waals surface area contributed by atoms with Gasteiger partial charge in [0.25, 0.3) is 5.91 Å². The molecule has 8 nitrogen and oxygen atoms in total. The second-order valence-corrected chi connectivity index (χ2v) is 6.76. The summed E-state index contributed by atoms with van der Waals surface area (Å²) in [6, 6.07) is 14.6. The second-order valence-electron chi connectivity index (χ2n) is 6.76. The van der Waals surface area contributed by atoms with Crippen molar-refractivity contribution >= 4 is 22.6 Å². The van der Waals surface area contributed by atoms with Crippen LogP contribution in [0.1, 0.15) is 16.2 Å². The number of carbonyl (C=O) groups is 1. The quantitative estimate of drug-likeness (QED) is 0.487. The molecule has 8 heteroatoms. The van der Waals surface area contributed by atoms with E-state index >= 15 is 0 Å². The molecule has 0 aliphatic heterocycles. The van der Waals surface area contributed by atoms with Crippen LogP contribution in [0.4, 0.5) is 5.69 Å². The average molecular weight is 405 g/mol. The van der Waals surface area contributed by atoms with Gasteiger partial charge in [-0.3, -0.25) is 9.48 Å². The largest absolute Gasteiger partial charge is 0.497 e. The monoisotopic (exact) mass is 405 g/mol. The van der Waals surface area contributed by atoms with Gasteiger partial charge in [0.1, 0.15) is 11.6 Å². The van der Waals surface area contributed by atoms with Crippen molar-refractivity contribution in [2.75, 3.05) is 26.1 Å². The van der Waals surface area contributed by atoms with E-state index in [1.807, 2.05) is 35.1 Å². The summed E-state index contributed by atoms with van der Waals surface area (Å²) in [6.07, 6.45) is 3.65. The van der Waals surface area contributed by atoms with E-state index in [1.165, 1.54) is 0 Å². The summed E-state index contributed by atoms with van der Waals surface area (Å²) in [5, 5.41) is 7.21. The highest BCUT2D eigenvalue weighted by molar-refractivity contribution is 6.05.